The van der Waals surface area contributed by atoms with E-state index in [0.29, 0.717) is 25.0 Å². The molecule has 1 unspecified atom stereocenters. The zero-order valence-corrected chi connectivity index (χ0v) is 9.83. The molecule has 0 fully saturated rings. The van der Waals surface area contributed by atoms with Gasteiger partial charge in [-0.2, -0.15) is 0 Å². The number of pyridine rings is 1. The van der Waals surface area contributed by atoms with Gasteiger partial charge in [0.15, 0.2) is 0 Å². The molecule has 0 saturated heterocycles. The Labute approximate surface area is 95.4 Å². The molecule has 84 valence electrons. The van der Waals surface area contributed by atoms with Crippen LogP contribution in [-0.2, 0) is 16.1 Å². The van der Waals surface area contributed by atoms with Crippen molar-refractivity contribution in [1.82, 2.24) is 4.98 Å². The molecule has 0 saturated carbocycles. The van der Waals surface area contributed by atoms with Gasteiger partial charge in [-0.3, -0.25) is 0 Å². The van der Waals surface area contributed by atoms with Crippen LogP contribution in [-0.4, -0.2) is 24.3 Å². The fourth-order valence-corrected chi connectivity index (χ4v) is 1.27. The van der Waals surface area contributed by atoms with E-state index in [1.807, 2.05) is 26.0 Å². The van der Waals surface area contributed by atoms with E-state index in [9.17, 15) is 0 Å². The zero-order valence-electron chi connectivity index (χ0n) is 9.07. The first-order chi connectivity index (χ1) is 7.22. The molecule has 3 nitrogen and oxygen atoms in total. The predicted molar refractivity (Wildman–Crippen MR) is 60.0 cm³/mol. The number of hydrogen-bond acceptors (Lipinski definition) is 3. The molecule has 1 rings (SSSR count). The van der Waals surface area contributed by atoms with Crippen LogP contribution < -0.4 is 0 Å². The van der Waals surface area contributed by atoms with Crippen LogP contribution in [0.5, 0.6) is 0 Å². The van der Waals surface area contributed by atoms with Crippen molar-refractivity contribution in [2.24, 2.45) is 0 Å². The quantitative estimate of drug-likeness (QED) is 0.703. The lowest BCUT2D eigenvalue weighted by atomic mass is 10.3. The molecule has 0 aromatic carbocycles. The summed E-state index contributed by atoms with van der Waals surface area (Å²) in [4.78, 5) is 4.13. The number of ether oxygens (including phenoxy) is 2. The highest BCUT2D eigenvalue weighted by molar-refractivity contribution is 6.29. The van der Waals surface area contributed by atoms with Crippen molar-refractivity contribution < 1.29 is 9.47 Å². The van der Waals surface area contributed by atoms with Crippen molar-refractivity contribution in [3.05, 3.63) is 29.0 Å². The second-order valence-corrected chi connectivity index (χ2v) is 3.62. The van der Waals surface area contributed by atoms with E-state index >= 15 is 0 Å². The fourth-order valence-electron chi connectivity index (χ4n) is 1.09. The Kier molecular flexibility index (Phi) is 5.61. The van der Waals surface area contributed by atoms with Gasteiger partial charge in [0.2, 0.25) is 0 Å². The second-order valence-electron chi connectivity index (χ2n) is 3.23. The monoisotopic (exact) mass is 229 g/mol. The predicted octanol–water partition coefficient (Wildman–Crippen LogP) is 2.68. The van der Waals surface area contributed by atoms with E-state index in [2.05, 4.69) is 4.98 Å². The number of aromatic nitrogens is 1. The Morgan fingerprint density at radius 3 is 2.93 bits per heavy atom. The van der Waals surface area contributed by atoms with Gasteiger partial charge < -0.3 is 9.47 Å². The molecule has 0 spiro atoms. The van der Waals surface area contributed by atoms with Crippen LogP contribution in [0.2, 0.25) is 5.15 Å². The first kappa shape index (κ1) is 12.4. The molecule has 0 aliphatic rings. The molecule has 15 heavy (non-hydrogen) atoms. The molecule has 0 bridgehead atoms. The molecule has 1 atom stereocenters. The summed E-state index contributed by atoms with van der Waals surface area (Å²) < 4.78 is 10.8. The third-order valence-corrected chi connectivity index (χ3v) is 2.06. The SMILES string of the molecule is CCOCC(C)OCc1cccc(Cl)n1. The topological polar surface area (TPSA) is 31.4 Å². The number of rotatable bonds is 6. The molecule has 1 aromatic rings. The molecule has 4 heteroatoms. The average molecular weight is 230 g/mol. The Hall–Kier alpha value is -0.640. The third-order valence-electron chi connectivity index (χ3n) is 1.85. The molecule has 0 aliphatic heterocycles. The van der Waals surface area contributed by atoms with Crippen LogP contribution >= 0.6 is 11.6 Å². The Bertz CT molecular complexity index is 294. The molecule has 0 amide bonds. The van der Waals surface area contributed by atoms with E-state index in [4.69, 9.17) is 21.1 Å². The first-order valence-electron chi connectivity index (χ1n) is 5.03. The summed E-state index contributed by atoms with van der Waals surface area (Å²) in [7, 11) is 0. The molecule has 0 aliphatic carbocycles. The van der Waals surface area contributed by atoms with Crippen LogP contribution in [0.3, 0.4) is 0 Å². The lowest BCUT2D eigenvalue weighted by Gasteiger charge is -2.12. The summed E-state index contributed by atoms with van der Waals surface area (Å²) in [5.41, 5.74) is 0.839. The molecular weight excluding hydrogens is 214 g/mol. The van der Waals surface area contributed by atoms with Gasteiger partial charge in [-0.15, -0.1) is 0 Å². The minimum atomic E-state index is 0.0748. The average Bonchev–Trinajstić information content (AvgIpc) is 2.23. The summed E-state index contributed by atoms with van der Waals surface area (Å²) in [6.45, 7) is 5.72. The van der Waals surface area contributed by atoms with Crippen molar-refractivity contribution in [2.75, 3.05) is 13.2 Å². The second kappa shape index (κ2) is 6.77. The smallest absolute Gasteiger partial charge is 0.129 e. The van der Waals surface area contributed by atoms with Gasteiger partial charge in [0, 0.05) is 6.61 Å². The third kappa shape index (κ3) is 5.11. The van der Waals surface area contributed by atoms with Gasteiger partial charge in [-0.05, 0) is 26.0 Å². The van der Waals surface area contributed by atoms with E-state index in [-0.39, 0.29) is 6.10 Å². The van der Waals surface area contributed by atoms with Crippen molar-refractivity contribution in [2.45, 2.75) is 26.6 Å². The number of nitrogens with zero attached hydrogens (tertiary/aromatic N) is 1. The van der Waals surface area contributed by atoms with Crippen LogP contribution in [0, 0.1) is 0 Å². The van der Waals surface area contributed by atoms with Gasteiger partial charge in [0.05, 0.1) is 25.0 Å². The van der Waals surface area contributed by atoms with E-state index in [0.717, 1.165) is 5.69 Å². The number of hydrogen-bond donors (Lipinski definition) is 0. The normalized spacial score (nSPS) is 12.7. The molecular formula is C11H16ClNO2. The minimum Gasteiger partial charge on any atom is -0.379 e. The first-order valence-corrected chi connectivity index (χ1v) is 5.41. The van der Waals surface area contributed by atoms with Crippen LogP contribution in [0.15, 0.2) is 18.2 Å². The van der Waals surface area contributed by atoms with Gasteiger partial charge in [-0.1, -0.05) is 17.7 Å². The summed E-state index contributed by atoms with van der Waals surface area (Å²) in [6.07, 6.45) is 0.0748. The highest BCUT2D eigenvalue weighted by Gasteiger charge is 2.03. The molecule has 1 aromatic heterocycles. The summed E-state index contributed by atoms with van der Waals surface area (Å²) in [5, 5.41) is 0.494. The van der Waals surface area contributed by atoms with Crippen molar-refractivity contribution in [1.29, 1.82) is 0 Å². The standard InChI is InChI=1S/C11H16ClNO2/c1-3-14-7-9(2)15-8-10-5-4-6-11(12)13-10/h4-6,9H,3,7-8H2,1-2H3. The summed E-state index contributed by atoms with van der Waals surface area (Å²) in [5.74, 6) is 0. The Morgan fingerprint density at radius 1 is 1.47 bits per heavy atom. The van der Waals surface area contributed by atoms with Gasteiger partial charge >= 0.3 is 0 Å². The maximum atomic E-state index is 5.75. The maximum absolute atomic E-state index is 5.75. The van der Waals surface area contributed by atoms with Gasteiger partial charge in [-0.25, -0.2) is 4.98 Å². The van der Waals surface area contributed by atoms with Crippen molar-refractivity contribution in [3.8, 4) is 0 Å². The molecule has 0 radical (unpaired) electrons. The van der Waals surface area contributed by atoms with E-state index in [1.54, 1.807) is 6.07 Å². The minimum absolute atomic E-state index is 0.0748. The fraction of sp³-hybridized carbons (Fsp3) is 0.545. The Balaban J connectivity index is 2.30. The van der Waals surface area contributed by atoms with Crippen LogP contribution in [0.1, 0.15) is 19.5 Å². The highest BCUT2D eigenvalue weighted by Crippen LogP contribution is 2.07. The molecule has 1 heterocycles. The zero-order chi connectivity index (χ0) is 11.1. The Morgan fingerprint density at radius 2 is 2.27 bits per heavy atom. The van der Waals surface area contributed by atoms with Crippen molar-refractivity contribution in [3.63, 3.8) is 0 Å². The summed E-state index contributed by atoms with van der Waals surface area (Å²) in [6, 6.07) is 5.50. The molecule has 0 N–H and O–H groups in total. The largest absolute Gasteiger partial charge is 0.379 e. The lowest BCUT2D eigenvalue weighted by Crippen LogP contribution is -2.16. The maximum Gasteiger partial charge on any atom is 0.129 e. The van der Waals surface area contributed by atoms with Crippen LogP contribution in [0.4, 0.5) is 0 Å². The number of halogens is 1. The highest BCUT2D eigenvalue weighted by atomic mass is 35.5. The lowest BCUT2D eigenvalue weighted by molar-refractivity contribution is -0.0127. The summed E-state index contributed by atoms with van der Waals surface area (Å²) >= 11 is 5.75. The van der Waals surface area contributed by atoms with Gasteiger partial charge in [0.1, 0.15) is 5.15 Å². The van der Waals surface area contributed by atoms with Crippen molar-refractivity contribution >= 4 is 11.6 Å². The van der Waals surface area contributed by atoms with E-state index in [1.165, 1.54) is 0 Å². The van der Waals surface area contributed by atoms with Crippen LogP contribution in [0.25, 0.3) is 0 Å². The van der Waals surface area contributed by atoms with Gasteiger partial charge in [0.25, 0.3) is 0 Å². The van der Waals surface area contributed by atoms with E-state index < -0.39 is 0 Å².